The van der Waals surface area contributed by atoms with Crippen molar-refractivity contribution in [3.8, 4) is 11.5 Å². The van der Waals surface area contributed by atoms with Crippen molar-refractivity contribution in [1.29, 1.82) is 0 Å². The molecule has 4 fully saturated rings. The van der Waals surface area contributed by atoms with Crippen molar-refractivity contribution in [3.05, 3.63) is 35.4 Å². The second-order valence-electron chi connectivity index (χ2n) is 8.09. The lowest BCUT2D eigenvalue weighted by molar-refractivity contribution is 0.260. The molecule has 0 aliphatic carbocycles. The van der Waals surface area contributed by atoms with Gasteiger partial charge in [0.2, 0.25) is 0 Å². The van der Waals surface area contributed by atoms with E-state index in [9.17, 15) is 0 Å². The first-order valence-corrected chi connectivity index (χ1v) is 10.1. The van der Waals surface area contributed by atoms with E-state index in [1.165, 1.54) is 11.1 Å². The zero-order valence-electron chi connectivity index (χ0n) is 15.7. The second kappa shape index (κ2) is 6.88. The van der Waals surface area contributed by atoms with Gasteiger partial charge in [-0.15, -0.1) is 0 Å². The molecule has 148 valence electrons. The van der Waals surface area contributed by atoms with Gasteiger partial charge in [0, 0.05) is 18.2 Å². The van der Waals surface area contributed by atoms with Crippen LogP contribution in [0, 0.1) is 0 Å². The van der Waals surface area contributed by atoms with E-state index in [2.05, 4.69) is 24.3 Å². The molecule has 0 aromatic heterocycles. The van der Waals surface area contributed by atoms with Crippen LogP contribution in [0.3, 0.4) is 0 Å². The third-order valence-corrected chi connectivity index (χ3v) is 5.58. The van der Waals surface area contributed by atoms with Crippen molar-refractivity contribution in [1.82, 2.24) is 0 Å². The van der Waals surface area contributed by atoms with E-state index in [-0.39, 0.29) is 12.2 Å². The molecule has 0 spiro atoms. The highest BCUT2D eigenvalue weighted by atomic mass is 16.6. The summed E-state index contributed by atoms with van der Waals surface area (Å²) in [4.78, 5) is 0. The first kappa shape index (κ1) is 17.0. The summed E-state index contributed by atoms with van der Waals surface area (Å²) in [6.45, 7) is 4.44. The molecule has 6 heteroatoms. The summed E-state index contributed by atoms with van der Waals surface area (Å²) in [6, 6.07) is 8.67. The highest BCUT2D eigenvalue weighted by Crippen LogP contribution is 2.38. The number of rotatable bonds is 10. The van der Waals surface area contributed by atoms with Crippen molar-refractivity contribution < 1.29 is 28.4 Å². The molecule has 4 atom stereocenters. The molecule has 4 saturated heterocycles. The monoisotopic (exact) mass is 384 g/mol. The summed E-state index contributed by atoms with van der Waals surface area (Å²) >= 11 is 0. The minimum absolute atomic E-state index is 0.223. The summed E-state index contributed by atoms with van der Waals surface area (Å²) in [5, 5.41) is 2.25. The first-order chi connectivity index (χ1) is 13.8. The second-order valence-corrected chi connectivity index (χ2v) is 8.09. The normalized spacial score (nSPS) is 29.6. The maximum Gasteiger partial charge on any atom is 0.130 e. The molecule has 0 N–H and O–H groups in total. The molecule has 0 radical (unpaired) electrons. The Hall–Kier alpha value is -1.86. The first-order valence-electron chi connectivity index (χ1n) is 10.1. The lowest BCUT2D eigenvalue weighted by atomic mass is 9.98. The highest BCUT2D eigenvalue weighted by Gasteiger charge is 2.29. The molecule has 4 unspecified atom stereocenters. The smallest absolute Gasteiger partial charge is 0.130 e. The average molecular weight is 384 g/mol. The fourth-order valence-corrected chi connectivity index (χ4v) is 3.59. The van der Waals surface area contributed by atoms with Gasteiger partial charge in [-0.25, -0.2) is 0 Å². The van der Waals surface area contributed by atoms with Crippen LogP contribution in [0.2, 0.25) is 0 Å². The van der Waals surface area contributed by atoms with Crippen LogP contribution in [0.1, 0.15) is 11.1 Å². The lowest BCUT2D eigenvalue weighted by Gasteiger charge is -2.17. The summed E-state index contributed by atoms with van der Waals surface area (Å²) in [5.74, 6) is 1.88. The standard InChI is InChI=1S/C22H24O6/c1-2-14(3-16-7-23-16)22(28-12-19-10-26-19)20-5-15(4-17-8-24-17)21(6-13(1)20)27-11-18-9-25-18/h1-2,5-6,16-19H,3-4,7-12H2. The zero-order valence-corrected chi connectivity index (χ0v) is 15.7. The third-order valence-electron chi connectivity index (χ3n) is 5.58. The van der Waals surface area contributed by atoms with Crippen LogP contribution >= 0.6 is 0 Å². The van der Waals surface area contributed by atoms with Crippen LogP contribution < -0.4 is 9.47 Å². The van der Waals surface area contributed by atoms with Gasteiger partial charge in [0.15, 0.2) is 0 Å². The Morgan fingerprint density at radius 3 is 1.96 bits per heavy atom. The van der Waals surface area contributed by atoms with Crippen LogP contribution in [0.15, 0.2) is 24.3 Å². The number of epoxide rings is 4. The summed E-state index contributed by atoms with van der Waals surface area (Å²) in [7, 11) is 0. The molecule has 4 aliphatic heterocycles. The average Bonchev–Trinajstić information content (AvgIpc) is 3.55. The summed E-state index contributed by atoms with van der Waals surface area (Å²) in [6.07, 6.45) is 2.81. The Kier molecular flexibility index (Phi) is 4.19. The van der Waals surface area contributed by atoms with Crippen LogP contribution in [-0.4, -0.2) is 64.1 Å². The number of ether oxygens (including phenoxy) is 6. The van der Waals surface area contributed by atoms with Crippen LogP contribution in [0.25, 0.3) is 10.8 Å². The molecule has 2 aromatic carbocycles. The number of fused-ring (bicyclic) bond motifs is 1. The lowest BCUT2D eigenvalue weighted by Crippen LogP contribution is -2.09. The van der Waals surface area contributed by atoms with E-state index in [1.54, 1.807) is 0 Å². The maximum atomic E-state index is 6.25. The van der Waals surface area contributed by atoms with E-state index in [1.807, 2.05) is 0 Å². The fraction of sp³-hybridized carbons (Fsp3) is 0.545. The molecule has 2 aromatic rings. The van der Waals surface area contributed by atoms with Crippen LogP contribution in [0.5, 0.6) is 11.5 Å². The van der Waals surface area contributed by atoms with E-state index in [0.29, 0.717) is 25.4 Å². The molecule has 4 aliphatic rings. The fourth-order valence-electron chi connectivity index (χ4n) is 3.59. The molecule has 0 saturated carbocycles. The Bertz CT molecular complexity index is 880. The molecule has 0 amide bonds. The predicted octanol–water partition coefficient (Wildman–Crippen LogP) is 2.28. The molecule has 28 heavy (non-hydrogen) atoms. The van der Waals surface area contributed by atoms with Crippen molar-refractivity contribution in [2.24, 2.45) is 0 Å². The zero-order chi connectivity index (χ0) is 18.5. The Morgan fingerprint density at radius 1 is 0.714 bits per heavy atom. The van der Waals surface area contributed by atoms with Gasteiger partial charge in [0.25, 0.3) is 0 Å². The van der Waals surface area contributed by atoms with Gasteiger partial charge in [-0.2, -0.15) is 0 Å². The SMILES string of the molecule is c1cc2cc(OCC3CO3)c(CC3CO3)cc2c(OCC2CO2)c1CC1CO1. The Labute approximate surface area is 163 Å². The van der Waals surface area contributed by atoms with Gasteiger partial charge in [0.1, 0.15) is 36.9 Å². The van der Waals surface area contributed by atoms with Crippen molar-refractivity contribution >= 4 is 10.8 Å². The van der Waals surface area contributed by atoms with E-state index < -0.39 is 0 Å². The minimum atomic E-state index is 0.223. The molecule has 6 rings (SSSR count). The number of hydrogen-bond acceptors (Lipinski definition) is 6. The van der Waals surface area contributed by atoms with E-state index >= 15 is 0 Å². The number of hydrogen-bond donors (Lipinski definition) is 0. The molecular weight excluding hydrogens is 360 g/mol. The van der Waals surface area contributed by atoms with Gasteiger partial charge in [-0.05, 0) is 28.6 Å². The van der Waals surface area contributed by atoms with Crippen LogP contribution in [-0.2, 0) is 31.8 Å². The van der Waals surface area contributed by atoms with Gasteiger partial charge in [-0.3, -0.25) is 0 Å². The van der Waals surface area contributed by atoms with Crippen molar-refractivity contribution in [2.75, 3.05) is 39.6 Å². The Morgan fingerprint density at radius 2 is 1.32 bits per heavy atom. The minimum Gasteiger partial charge on any atom is -0.490 e. The maximum absolute atomic E-state index is 6.25. The summed E-state index contributed by atoms with van der Waals surface area (Å²) < 4.78 is 33.9. The quantitative estimate of drug-likeness (QED) is 0.586. The van der Waals surface area contributed by atoms with Crippen molar-refractivity contribution in [2.45, 2.75) is 37.3 Å². The summed E-state index contributed by atoms with van der Waals surface area (Å²) in [5.41, 5.74) is 2.37. The molecule has 0 bridgehead atoms. The van der Waals surface area contributed by atoms with Gasteiger partial charge >= 0.3 is 0 Å². The van der Waals surface area contributed by atoms with E-state index in [0.717, 1.165) is 61.5 Å². The number of benzene rings is 2. The third kappa shape index (κ3) is 3.96. The molecule has 4 heterocycles. The van der Waals surface area contributed by atoms with Gasteiger partial charge in [0.05, 0.1) is 38.6 Å². The van der Waals surface area contributed by atoms with E-state index in [4.69, 9.17) is 28.4 Å². The van der Waals surface area contributed by atoms with Crippen LogP contribution in [0.4, 0.5) is 0 Å². The largest absolute Gasteiger partial charge is 0.490 e. The van der Waals surface area contributed by atoms with Gasteiger partial charge in [-0.1, -0.05) is 12.1 Å². The topological polar surface area (TPSA) is 68.6 Å². The molecule has 6 nitrogen and oxygen atoms in total. The molecular formula is C22H24O6. The van der Waals surface area contributed by atoms with Gasteiger partial charge < -0.3 is 28.4 Å². The predicted molar refractivity (Wildman–Crippen MR) is 101 cm³/mol. The highest BCUT2D eigenvalue weighted by molar-refractivity contribution is 5.91. The Balaban J connectivity index is 1.37. The van der Waals surface area contributed by atoms with Crippen molar-refractivity contribution in [3.63, 3.8) is 0 Å².